The highest BCUT2D eigenvalue weighted by Gasteiger charge is 2.15. The second kappa shape index (κ2) is 4.13. The zero-order valence-corrected chi connectivity index (χ0v) is 9.58. The standard InChI is InChI=1S/C9H16N2O2S/c1-6(2)4-11-7(5-14)8(12)10(3)9(11)13/h6,12,14H,4-5H2,1-3H3. The van der Waals surface area contributed by atoms with Crippen molar-refractivity contribution in [3.8, 4) is 5.88 Å². The largest absolute Gasteiger partial charge is 0.493 e. The van der Waals surface area contributed by atoms with Crippen molar-refractivity contribution in [2.45, 2.75) is 26.1 Å². The summed E-state index contributed by atoms with van der Waals surface area (Å²) in [6.45, 7) is 4.67. The van der Waals surface area contributed by atoms with Crippen LogP contribution in [-0.2, 0) is 19.3 Å². The van der Waals surface area contributed by atoms with Crippen molar-refractivity contribution in [3.05, 3.63) is 16.2 Å². The average molecular weight is 216 g/mol. The molecule has 0 spiro atoms. The van der Waals surface area contributed by atoms with Crippen molar-refractivity contribution in [1.29, 1.82) is 0 Å². The van der Waals surface area contributed by atoms with Crippen LogP contribution in [0.4, 0.5) is 0 Å². The van der Waals surface area contributed by atoms with Gasteiger partial charge in [-0.15, -0.1) is 0 Å². The van der Waals surface area contributed by atoms with Crippen LogP contribution in [0.5, 0.6) is 5.88 Å². The van der Waals surface area contributed by atoms with Crippen LogP contribution >= 0.6 is 12.6 Å². The minimum atomic E-state index is -0.180. The van der Waals surface area contributed by atoms with Gasteiger partial charge in [-0.25, -0.2) is 4.79 Å². The quantitative estimate of drug-likeness (QED) is 0.740. The summed E-state index contributed by atoms with van der Waals surface area (Å²) in [5.74, 6) is 0.757. The highest BCUT2D eigenvalue weighted by Crippen LogP contribution is 2.17. The molecule has 5 heteroatoms. The predicted molar refractivity (Wildman–Crippen MR) is 58.9 cm³/mol. The van der Waals surface area contributed by atoms with E-state index in [4.69, 9.17) is 0 Å². The second-order valence-corrected chi connectivity index (χ2v) is 4.09. The van der Waals surface area contributed by atoms with Crippen LogP contribution in [0, 0.1) is 5.92 Å². The summed E-state index contributed by atoms with van der Waals surface area (Å²) in [5, 5.41) is 9.61. The van der Waals surface area contributed by atoms with Crippen molar-refractivity contribution in [2.24, 2.45) is 13.0 Å². The maximum absolute atomic E-state index is 11.6. The fourth-order valence-electron chi connectivity index (χ4n) is 1.41. The molecule has 0 aliphatic rings. The van der Waals surface area contributed by atoms with Gasteiger partial charge in [-0.2, -0.15) is 12.6 Å². The van der Waals surface area contributed by atoms with E-state index >= 15 is 0 Å². The van der Waals surface area contributed by atoms with E-state index in [-0.39, 0.29) is 11.6 Å². The van der Waals surface area contributed by atoms with Crippen molar-refractivity contribution >= 4 is 12.6 Å². The minimum Gasteiger partial charge on any atom is -0.493 e. The lowest BCUT2D eigenvalue weighted by Crippen LogP contribution is -2.25. The third-order valence-corrected chi connectivity index (χ3v) is 2.42. The number of imidazole rings is 1. The average Bonchev–Trinajstić information content (AvgIpc) is 2.31. The lowest BCUT2D eigenvalue weighted by Gasteiger charge is -2.07. The van der Waals surface area contributed by atoms with E-state index in [0.717, 1.165) is 0 Å². The number of hydrogen-bond acceptors (Lipinski definition) is 3. The molecule has 1 aromatic heterocycles. The fourth-order valence-corrected chi connectivity index (χ4v) is 1.72. The van der Waals surface area contributed by atoms with Crippen LogP contribution in [0.15, 0.2) is 4.79 Å². The summed E-state index contributed by atoms with van der Waals surface area (Å²) in [7, 11) is 1.56. The fraction of sp³-hybridized carbons (Fsp3) is 0.667. The van der Waals surface area contributed by atoms with E-state index in [1.54, 1.807) is 11.6 Å². The number of hydrogen-bond donors (Lipinski definition) is 2. The number of aromatic nitrogens is 2. The van der Waals surface area contributed by atoms with E-state index in [1.165, 1.54) is 4.57 Å². The highest BCUT2D eigenvalue weighted by atomic mass is 32.1. The normalized spacial score (nSPS) is 11.2. The Hall–Kier alpha value is -0.840. The first-order valence-electron chi connectivity index (χ1n) is 4.57. The molecular weight excluding hydrogens is 200 g/mol. The van der Waals surface area contributed by atoms with Crippen LogP contribution < -0.4 is 5.69 Å². The Labute approximate surface area is 88.6 Å². The molecule has 0 aliphatic carbocycles. The molecule has 1 aromatic rings. The first kappa shape index (κ1) is 11.2. The summed E-state index contributed by atoms with van der Waals surface area (Å²) < 4.78 is 2.82. The zero-order chi connectivity index (χ0) is 10.9. The van der Waals surface area contributed by atoms with Crippen molar-refractivity contribution in [2.75, 3.05) is 0 Å². The molecule has 0 atom stereocenters. The molecule has 80 valence electrons. The molecule has 0 aromatic carbocycles. The van der Waals surface area contributed by atoms with Gasteiger partial charge in [0.2, 0.25) is 5.88 Å². The van der Waals surface area contributed by atoms with Crippen LogP contribution in [0.3, 0.4) is 0 Å². The molecule has 1 N–H and O–H groups in total. The first-order valence-corrected chi connectivity index (χ1v) is 5.20. The van der Waals surface area contributed by atoms with E-state index in [1.807, 2.05) is 13.8 Å². The van der Waals surface area contributed by atoms with Crippen LogP contribution in [0.2, 0.25) is 0 Å². The summed E-state index contributed by atoms with van der Waals surface area (Å²) in [6.07, 6.45) is 0. The Morgan fingerprint density at radius 1 is 1.50 bits per heavy atom. The van der Waals surface area contributed by atoms with Gasteiger partial charge in [-0.05, 0) is 5.92 Å². The topological polar surface area (TPSA) is 47.2 Å². The molecule has 1 rings (SSSR count). The Morgan fingerprint density at radius 2 is 2.07 bits per heavy atom. The number of rotatable bonds is 3. The molecule has 0 saturated heterocycles. The van der Waals surface area contributed by atoms with Gasteiger partial charge in [0.15, 0.2) is 0 Å². The molecule has 0 amide bonds. The van der Waals surface area contributed by atoms with Gasteiger partial charge in [0.1, 0.15) is 0 Å². The zero-order valence-electron chi connectivity index (χ0n) is 8.69. The van der Waals surface area contributed by atoms with Gasteiger partial charge < -0.3 is 5.11 Å². The highest BCUT2D eigenvalue weighted by molar-refractivity contribution is 7.79. The number of thiol groups is 1. The second-order valence-electron chi connectivity index (χ2n) is 3.77. The maximum Gasteiger partial charge on any atom is 0.331 e. The Morgan fingerprint density at radius 3 is 2.50 bits per heavy atom. The maximum atomic E-state index is 11.6. The Bertz CT molecular complexity index is 379. The predicted octanol–water partition coefficient (Wildman–Crippen LogP) is 0.978. The molecule has 0 fully saturated rings. The van der Waals surface area contributed by atoms with Gasteiger partial charge >= 0.3 is 5.69 Å². The summed E-state index contributed by atoms with van der Waals surface area (Å²) in [6, 6.07) is 0. The van der Waals surface area contributed by atoms with E-state index in [2.05, 4.69) is 12.6 Å². The molecule has 0 radical (unpaired) electrons. The molecule has 0 bridgehead atoms. The van der Waals surface area contributed by atoms with E-state index in [9.17, 15) is 9.90 Å². The van der Waals surface area contributed by atoms with Crippen molar-refractivity contribution in [1.82, 2.24) is 9.13 Å². The van der Waals surface area contributed by atoms with Gasteiger partial charge in [-0.1, -0.05) is 13.8 Å². The summed E-state index contributed by atoms with van der Waals surface area (Å²) in [5.41, 5.74) is 0.412. The molecule has 0 aliphatic heterocycles. The van der Waals surface area contributed by atoms with E-state index in [0.29, 0.717) is 23.9 Å². The van der Waals surface area contributed by atoms with Crippen LogP contribution in [-0.4, -0.2) is 14.2 Å². The van der Waals surface area contributed by atoms with Gasteiger partial charge in [0.05, 0.1) is 5.69 Å². The van der Waals surface area contributed by atoms with Gasteiger partial charge in [0, 0.05) is 19.3 Å². The monoisotopic (exact) mass is 216 g/mol. The lowest BCUT2D eigenvalue weighted by atomic mass is 10.2. The molecular formula is C9H16N2O2S. The number of aromatic hydroxyl groups is 1. The van der Waals surface area contributed by atoms with Gasteiger partial charge in [-0.3, -0.25) is 9.13 Å². The summed E-state index contributed by atoms with van der Waals surface area (Å²) >= 11 is 4.10. The third kappa shape index (κ3) is 1.82. The van der Waals surface area contributed by atoms with Crippen molar-refractivity contribution < 1.29 is 5.11 Å². The number of nitrogens with zero attached hydrogens (tertiary/aromatic N) is 2. The van der Waals surface area contributed by atoms with Gasteiger partial charge in [0.25, 0.3) is 0 Å². The summed E-state index contributed by atoms with van der Waals surface area (Å²) in [4.78, 5) is 11.6. The molecule has 0 saturated carbocycles. The molecule has 0 unspecified atom stereocenters. The Balaban J connectivity index is 3.26. The van der Waals surface area contributed by atoms with Crippen LogP contribution in [0.1, 0.15) is 19.5 Å². The molecule has 1 heterocycles. The van der Waals surface area contributed by atoms with Crippen LogP contribution in [0.25, 0.3) is 0 Å². The Kier molecular flexibility index (Phi) is 3.31. The molecule has 14 heavy (non-hydrogen) atoms. The first-order chi connectivity index (χ1) is 6.49. The van der Waals surface area contributed by atoms with E-state index < -0.39 is 0 Å². The lowest BCUT2D eigenvalue weighted by molar-refractivity contribution is 0.425. The smallest absolute Gasteiger partial charge is 0.331 e. The van der Waals surface area contributed by atoms with Crippen molar-refractivity contribution in [3.63, 3.8) is 0 Å². The minimum absolute atomic E-state index is 0.0191. The third-order valence-electron chi connectivity index (χ3n) is 2.12. The SMILES string of the molecule is CC(C)Cn1c(CS)c(O)n(C)c1=O. The molecule has 4 nitrogen and oxygen atoms in total.